The molecule has 1 unspecified atom stereocenters. The first-order valence-corrected chi connectivity index (χ1v) is 5.63. The highest BCUT2D eigenvalue weighted by Gasteiger charge is 2.55. The maximum absolute atomic E-state index is 12.7. The van der Waals surface area contributed by atoms with Crippen molar-refractivity contribution in [3.63, 3.8) is 0 Å². The van der Waals surface area contributed by atoms with E-state index in [1.165, 1.54) is 0 Å². The molecule has 3 N–H and O–H groups in total. The van der Waals surface area contributed by atoms with E-state index < -0.39 is 30.7 Å². The zero-order valence-corrected chi connectivity index (χ0v) is 10.4. The lowest BCUT2D eigenvalue weighted by Gasteiger charge is -2.29. The van der Waals surface area contributed by atoms with Gasteiger partial charge in [-0.05, 0) is 19.6 Å². The summed E-state index contributed by atoms with van der Waals surface area (Å²) in [5.41, 5.74) is 1.10. The molecule has 0 bridgehead atoms. The summed E-state index contributed by atoms with van der Waals surface area (Å²) in [5.74, 6) is 0. The maximum Gasteiger partial charge on any atom is 0.424 e. The minimum absolute atomic E-state index is 0.0824. The van der Waals surface area contributed by atoms with E-state index in [4.69, 9.17) is 10.5 Å². The molecule has 0 aromatic heterocycles. The highest BCUT2D eigenvalue weighted by atomic mass is 19.4. The molecule has 0 spiro atoms. The Morgan fingerprint density at radius 3 is 2.42 bits per heavy atom. The molecule has 4 nitrogen and oxygen atoms in total. The van der Waals surface area contributed by atoms with Crippen molar-refractivity contribution in [1.82, 2.24) is 0 Å². The van der Waals surface area contributed by atoms with E-state index in [2.05, 4.69) is 11.7 Å². The lowest BCUT2D eigenvalue weighted by atomic mass is 9.98. The first-order chi connectivity index (χ1) is 8.83. The van der Waals surface area contributed by atoms with Crippen molar-refractivity contribution in [2.45, 2.75) is 24.6 Å². The number of aliphatic hydroxyl groups is 1. The normalized spacial score (nSPS) is 16.2. The van der Waals surface area contributed by atoms with Crippen LogP contribution in [0, 0.1) is 0 Å². The van der Waals surface area contributed by atoms with Gasteiger partial charge in [0.1, 0.15) is 0 Å². The molecule has 0 amide bonds. The molecule has 112 valence electrons. The highest BCUT2D eigenvalue weighted by Crippen LogP contribution is 2.35. The van der Waals surface area contributed by atoms with Crippen molar-refractivity contribution < 1.29 is 27.4 Å². The van der Waals surface area contributed by atoms with Crippen LogP contribution in [-0.2, 0) is 4.74 Å². The number of hydrogen-bond acceptors (Lipinski definition) is 4. The Bertz CT molecular complexity index is 308. The van der Waals surface area contributed by atoms with Crippen molar-refractivity contribution in [2.75, 3.05) is 26.4 Å². The molecule has 1 atom stereocenters. The molecule has 0 saturated carbocycles. The molecule has 0 heterocycles. The van der Waals surface area contributed by atoms with Crippen LogP contribution in [-0.4, -0.2) is 50.0 Å². The molecule has 0 aliphatic heterocycles. The van der Waals surface area contributed by atoms with Crippen molar-refractivity contribution >= 4 is 6.72 Å². The lowest BCUT2D eigenvalue weighted by Crippen LogP contribution is -2.52. The van der Waals surface area contributed by atoms with Crippen LogP contribution in [0.5, 0.6) is 0 Å². The molecule has 0 fully saturated rings. The minimum Gasteiger partial charge on any atom is -0.381 e. The van der Waals surface area contributed by atoms with Crippen LogP contribution >= 0.6 is 0 Å². The third kappa shape index (κ3) is 5.25. The number of ether oxygens (including phenoxy) is 1. The standard InChI is InChI=1S/C11H18F4N2O2/c1-17-9(4-2-6-19-7-3-5-12)10(18,8-16)11(13,14)15/h4,18H,1-3,5-8,16H2/b9-4-. The number of alkyl halides is 4. The van der Waals surface area contributed by atoms with Gasteiger partial charge in [0.25, 0.3) is 0 Å². The largest absolute Gasteiger partial charge is 0.424 e. The van der Waals surface area contributed by atoms with Gasteiger partial charge in [-0.1, -0.05) is 6.08 Å². The Morgan fingerprint density at radius 2 is 2.00 bits per heavy atom. The Kier molecular flexibility index (Phi) is 7.81. The second kappa shape index (κ2) is 8.23. The Morgan fingerprint density at radius 1 is 1.37 bits per heavy atom. The number of rotatable bonds is 9. The average molecular weight is 286 g/mol. The summed E-state index contributed by atoms with van der Waals surface area (Å²) >= 11 is 0. The summed E-state index contributed by atoms with van der Waals surface area (Å²) in [4.78, 5) is 3.18. The monoisotopic (exact) mass is 286 g/mol. The van der Waals surface area contributed by atoms with Gasteiger partial charge in [-0.3, -0.25) is 9.38 Å². The van der Waals surface area contributed by atoms with E-state index in [0.29, 0.717) is 0 Å². The van der Waals surface area contributed by atoms with Crippen LogP contribution in [0.25, 0.3) is 0 Å². The molecule has 0 aromatic rings. The fraction of sp³-hybridized carbons (Fsp3) is 0.727. The van der Waals surface area contributed by atoms with Gasteiger partial charge in [-0.25, -0.2) is 0 Å². The van der Waals surface area contributed by atoms with Crippen molar-refractivity contribution in [2.24, 2.45) is 10.7 Å². The SMILES string of the molecule is C=N/C(=C\CCOCCCF)C(O)(CN)C(F)(F)F. The molecule has 8 heteroatoms. The number of nitrogens with two attached hydrogens (primary N) is 1. The zero-order valence-electron chi connectivity index (χ0n) is 10.4. The molecule has 0 saturated heterocycles. The molecular formula is C11H18F4N2O2. The number of nitrogens with zero attached hydrogens (tertiary/aromatic N) is 1. The number of hydrogen-bond donors (Lipinski definition) is 2. The van der Waals surface area contributed by atoms with Gasteiger partial charge < -0.3 is 15.6 Å². The number of halogens is 4. The maximum atomic E-state index is 12.7. The lowest BCUT2D eigenvalue weighted by molar-refractivity contribution is -0.240. The average Bonchev–Trinajstić information content (AvgIpc) is 2.36. The van der Waals surface area contributed by atoms with Gasteiger partial charge in [0.05, 0.1) is 19.0 Å². The summed E-state index contributed by atoms with van der Waals surface area (Å²) in [5, 5.41) is 9.51. The Balaban J connectivity index is 4.58. The smallest absolute Gasteiger partial charge is 0.381 e. The molecule has 0 rings (SSSR count). The fourth-order valence-electron chi connectivity index (χ4n) is 1.27. The van der Waals surface area contributed by atoms with E-state index in [9.17, 15) is 22.7 Å². The quantitative estimate of drug-likeness (QED) is 0.384. The second-order valence-corrected chi connectivity index (χ2v) is 3.75. The van der Waals surface area contributed by atoms with Gasteiger partial charge in [0.15, 0.2) is 0 Å². The second-order valence-electron chi connectivity index (χ2n) is 3.75. The van der Waals surface area contributed by atoms with Crippen LogP contribution in [0.2, 0.25) is 0 Å². The zero-order chi connectivity index (χ0) is 14.9. The van der Waals surface area contributed by atoms with Crippen LogP contribution in [0.3, 0.4) is 0 Å². The van der Waals surface area contributed by atoms with Crippen molar-refractivity contribution in [3.8, 4) is 0 Å². The predicted octanol–water partition coefficient (Wildman–Crippen LogP) is 1.59. The van der Waals surface area contributed by atoms with Crippen LogP contribution in [0.1, 0.15) is 12.8 Å². The molecular weight excluding hydrogens is 268 g/mol. The molecule has 19 heavy (non-hydrogen) atoms. The van der Waals surface area contributed by atoms with E-state index in [1.54, 1.807) is 0 Å². The topological polar surface area (TPSA) is 67.8 Å². The van der Waals surface area contributed by atoms with Crippen LogP contribution in [0.4, 0.5) is 17.6 Å². The fourth-order valence-corrected chi connectivity index (χ4v) is 1.27. The van der Waals surface area contributed by atoms with E-state index in [0.717, 1.165) is 6.08 Å². The molecule has 0 radical (unpaired) electrons. The Labute approximate surface area is 109 Å². The van der Waals surface area contributed by atoms with E-state index >= 15 is 0 Å². The van der Waals surface area contributed by atoms with E-state index in [-0.39, 0.29) is 26.1 Å². The van der Waals surface area contributed by atoms with E-state index in [1.807, 2.05) is 0 Å². The Hall–Kier alpha value is -0.990. The first kappa shape index (κ1) is 18.0. The van der Waals surface area contributed by atoms with Gasteiger partial charge in [-0.2, -0.15) is 13.2 Å². The summed E-state index contributed by atoms with van der Waals surface area (Å²) in [6, 6.07) is 0. The van der Waals surface area contributed by atoms with Crippen molar-refractivity contribution in [1.29, 1.82) is 0 Å². The third-order valence-electron chi connectivity index (χ3n) is 2.38. The highest BCUT2D eigenvalue weighted by molar-refractivity contribution is 5.33. The molecule has 0 aromatic carbocycles. The van der Waals surface area contributed by atoms with Gasteiger partial charge in [0.2, 0.25) is 5.60 Å². The molecule has 0 aliphatic rings. The van der Waals surface area contributed by atoms with Gasteiger partial charge in [0, 0.05) is 13.2 Å². The van der Waals surface area contributed by atoms with Crippen LogP contribution in [0.15, 0.2) is 16.8 Å². The van der Waals surface area contributed by atoms with Crippen LogP contribution < -0.4 is 5.73 Å². The summed E-state index contributed by atoms with van der Waals surface area (Å²) in [7, 11) is 0. The van der Waals surface area contributed by atoms with Gasteiger partial charge >= 0.3 is 6.18 Å². The third-order valence-corrected chi connectivity index (χ3v) is 2.38. The van der Waals surface area contributed by atoms with Crippen molar-refractivity contribution in [3.05, 3.63) is 11.8 Å². The summed E-state index contributed by atoms with van der Waals surface area (Å²) in [6.45, 7) is 1.70. The summed E-state index contributed by atoms with van der Waals surface area (Å²) < 4.78 is 54.7. The predicted molar refractivity (Wildman–Crippen MR) is 63.7 cm³/mol. The number of aliphatic imine (C=N–C) groups is 1. The summed E-state index contributed by atoms with van der Waals surface area (Å²) in [6.07, 6.45) is -3.57. The first-order valence-electron chi connectivity index (χ1n) is 5.63. The molecule has 0 aliphatic carbocycles. The van der Waals surface area contributed by atoms with Gasteiger partial charge in [-0.15, -0.1) is 0 Å². The minimum atomic E-state index is -4.94.